The lowest BCUT2D eigenvalue weighted by Gasteiger charge is -2.37. The molecular formula is C22H34O4. The Morgan fingerprint density at radius 1 is 0.808 bits per heavy atom. The third-order valence-electron chi connectivity index (χ3n) is 5.31. The molecule has 0 bridgehead atoms. The maximum absolute atomic E-state index is 5.96. The van der Waals surface area contributed by atoms with Gasteiger partial charge in [0, 0.05) is 11.5 Å². The highest BCUT2D eigenvalue weighted by Crippen LogP contribution is 2.30. The summed E-state index contributed by atoms with van der Waals surface area (Å²) in [6.45, 7) is 7.27. The van der Waals surface area contributed by atoms with E-state index in [0.29, 0.717) is 19.1 Å². The molecule has 1 aromatic carbocycles. The quantitative estimate of drug-likeness (QED) is 0.618. The second kappa shape index (κ2) is 10.4. The summed E-state index contributed by atoms with van der Waals surface area (Å²) in [4.78, 5) is 0. The molecule has 26 heavy (non-hydrogen) atoms. The molecule has 1 aromatic rings. The van der Waals surface area contributed by atoms with E-state index >= 15 is 0 Å². The lowest BCUT2D eigenvalue weighted by molar-refractivity contribution is -0.283. The third kappa shape index (κ3) is 5.53. The first kappa shape index (κ1) is 19.8. The Morgan fingerprint density at radius 3 is 2.12 bits per heavy atom. The van der Waals surface area contributed by atoms with Crippen molar-refractivity contribution < 1.29 is 18.9 Å². The number of rotatable bonds is 8. The standard InChI is InChI=1S/C22H34O4/c1-3-5-6-8-18-13-23-22(24-14-18)20-15-25-21(26-16-20)19-11-9-17(7-4-2)10-12-19/h9-12,18,20-22H,3-8,13-16H2,1-2H3. The molecule has 2 aliphatic heterocycles. The van der Waals surface area contributed by atoms with Crippen LogP contribution in [0.25, 0.3) is 0 Å². The van der Waals surface area contributed by atoms with Crippen LogP contribution >= 0.6 is 0 Å². The molecule has 2 fully saturated rings. The van der Waals surface area contributed by atoms with Crippen molar-refractivity contribution >= 4 is 0 Å². The van der Waals surface area contributed by atoms with Crippen LogP contribution in [0.2, 0.25) is 0 Å². The lowest BCUT2D eigenvalue weighted by Crippen LogP contribution is -2.43. The van der Waals surface area contributed by atoms with Crippen molar-refractivity contribution in [3.63, 3.8) is 0 Å². The molecule has 0 unspecified atom stereocenters. The molecule has 0 radical (unpaired) electrons. The normalized spacial score (nSPS) is 29.6. The minimum atomic E-state index is -0.271. The summed E-state index contributed by atoms with van der Waals surface area (Å²) >= 11 is 0. The number of ether oxygens (including phenoxy) is 4. The highest BCUT2D eigenvalue weighted by Gasteiger charge is 2.34. The zero-order valence-electron chi connectivity index (χ0n) is 16.3. The number of hydrogen-bond donors (Lipinski definition) is 0. The molecule has 0 aliphatic carbocycles. The van der Waals surface area contributed by atoms with Crippen molar-refractivity contribution in [2.24, 2.45) is 11.8 Å². The van der Waals surface area contributed by atoms with Crippen LogP contribution in [0.3, 0.4) is 0 Å². The Labute approximate surface area is 158 Å². The van der Waals surface area contributed by atoms with Crippen LogP contribution in [-0.4, -0.2) is 32.7 Å². The zero-order valence-corrected chi connectivity index (χ0v) is 16.3. The smallest absolute Gasteiger partial charge is 0.183 e. The maximum atomic E-state index is 5.96. The van der Waals surface area contributed by atoms with Gasteiger partial charge in [-0.25, -0.2) is 0 Å². The van der Waals surface area contributed by atoms with Crippen molar-refractivity contribution in [3.05, 3.63) is 35.4 Å². The first-order chi connectivity index (χ1) is 12.8. The van der Waals surface area contributed by atoms with Crippen molar-refractivity contribution in [2.75, 3.05) is 26.4 Å². The monoisotopic (exact) mass is 362 g/mol. The second-order valence-corrected chi connectivity index (χ2v) is 7.65. The zero-order chi connectivity index (χ0) is 18.2. The molecule has 0 spiro atoms. The fourth-order valence-electron chi connectivity index (χ4n) is 3.68. The third-order valence-corrected chi connectivity index (χ3v) is 5.31. The van der Waals surface area contributed by atoms with E-state index in [1.165, 1.54) is 31.2 Å². The fraction of sp³-hybridized carbons (Fsp3) is 0.727. The van der Waals surface area contributed by atoms with E-state index in [1.807, 2.05) is 0 Å². The molecule has 4 nitrogen and oxygen atoms in total. The molecule has 0 atom stereocenters. The summed E-state index contributed by atoms with van der Waals surface area (Å²) in [6.07, 6.45) is 6.85. The molecule has 3 rings (SSSR count). The first-order valence-corrected chi connectivity index (χ1v) is 10.3. The largest absolute Gasteiger partial charge is 0.352 e. The van der Waals surface area contributed by atoms with Crippen molar-refractivity contribution in [3.8, 4) is 0 Å². The Hall–Kier alpha value is -0.940. The first-order valence-electron chi connectivity index (χ1n) is 10.3. The maximum Gasteiger partial charge on any atom is 0.183 e. The highest BCUT2D eigenvalue weighted by molar-refractivity contribution is 5.23. The average molecular weight is 363 g/mol. The van der Waals surface area contributed by atoms with Gasteiger partial charge in [0.2, 0.25) is 0 Å². The predicted molar refractivity (Wildman–Crippen MR) is 102 cm³/mol. The van der Waals surface area contributed by atoms with Gasteiger partial charge in [-0.15, -0.1) is 0 Å². The van der Waals surface area contributed by atoms with E-state index in [1.54, 1.807) is 0 Å². The van der Waals surface area contributed by atoms with Gasteiger partial charge >= 0.3 is 0 Å². The second-order valence-electron chi connectivity index (χ2n) is 7.65. The molecule has 2 saturated heterocycles. The van der Waals surface area contributed by atoms with Crippen LogP contribution in [0.1, 0.15) is 63.4 Å². The van der Waals surface area contributed by atoms with E-state index in [4.69, 9.17) is 18.9 Å². The van der Waals surface area contributed by atoms with Crippen LogP contribution < -0.4 is 0 Å². The van der Waals surface area contributed by atoms with Crippen molar-refractivity contribution in [1.82, 2.24) is 0 Å². The number of benzene rings is 1. The van der Waals surface area contributed by atoms with Crippen LogP contribution in [0.15, 0.2) is 24.3 Å². The van der Waals surface area contributed by atoms with Crippen LogP contribution in [0.4, 0.5) is 0 Å². The summed E-state index contributed by atoms with van der Waals surface area (Å²) in [6, 6.07) is 8.57. The van der Waals surface area contributed by atoms with Gasteiger partial charge < -0.3 is 18.9 Å². The van der Waals surface area contributed by atoms with Gasteiger partial charge in [0.15, 0.2) is 12.6 Å². The van der Waals surface area contributed by atoms with E-state index < -0.39 is 0 Å². The Balaban J connectivity index is 1.40. The molecule has 0 aromatic heterocycles. The molecule has 146 valence electrons. The summed E-state index contributed by atoms with van der Waals surface area (Å²) in [5, 5.41) is 0. The minimum absolute atomic E-state index is 0.155. The summed E-state index contributed by atoms with van der Waals surface area (Å²) in [7, 11) is 0. The van der Waals surface area contributed by atoms with Crippen molar-refractivity contribution in [2.45, 2.75) is 65.0 Å². The Kier molecular flexibility index (Phi) is 7.93. The summed E-state index contributed by atoms with van der Waals surface area (Å²) in [5.74, 6) is 0.694. The summed E-state index contributed by atoms with van der Waals surface area (Å²) in [5.41, 5.74) is 2.45. The van der Waals surface area contributed by atoms with Crippen molar-refractivity contribution in [1.29, 1.82) is 0 Å². The highest BCUT2D eigenvalue weighted by atomic mass is 16.7. The van der Waals surface area contributed by atoms with Gasteiger partial charge in [-0.3, -0.25) is 0 Å². The van der Waals surface area contributed by atoms with E-state index in [9.17, 15) is 0 Å². The molecule has 0 N–H and O–H groups in total. The molecular weight excluding hydrogens is 328 g/mol. The molecule has 2 aliphatic rings. The SMILES string of the molecule is CCCCCC1COC(C2COC(c3ccc(CCC)cc3)OC2)OC1. The predicted octanol–water partition coefficient (Wildman–Crippen LogP) is 4.87. The van der Waals surface area contributed by atoms with Gasteiger partial charge in [-0.1, -0.05) is 63.8 Å². The molecule has 0 saturated carbocycles. The van der Waals surface area contributed by atoms with E-state index in [2.05, 4.69) is 38.1 Å². The fourth-order valence-corrected chi connectivity index (χ4v) is 3.68. The molecule has 4 heteroatoms. The van der Waals surface area contributed by atoms with E-state index in [-0.39, 0.29) is 18.5 Å². The van der Waals surface area contributed by atoms with Crippen LogP contribution in [0.5, 0.6) is 0 Å². The van der Waals surface area contributed by atoms with E-state index in [0.717, 1.165) is 31.6 Å². The van der Waals surface area contributed by atoms with Gasteiger partial charge in [0.1, 0.15) is 0 Å². The minimum Gasteiger partial charge on any atom is -0.352 e. The lowest BCUT2D eigenvalue weighted by atomic mass is 10.0. The number of unbranched alkanes of at least 4 members (excludes halogenated alkanes) is 2. The van der Waals surface area contributed by atoms with Crippen LogP contribution in [0, 0.1) is 11.8 Å². The topological polar surface area (TPSA) is 36.9 Å². The molecule has 0 amide bonds. The number of hydrogen-bond acceptors (Lipinski definition) is 4. The van der Waals surface area contributed by atoms with Gasteiger partial charge in [0.25, 0.3) is 0 Å². The number of aryl methyl sites for hydroxylation is 1. The van der Waals surface area contributed by atoms with Crippen LogP contribution in [-0.2, 0) is 25.4 Å². The Bertz CT molecular complexity index is 499. The molecule has 2 heterocycles. The van der Waals surface area contributed by atoms with Gasteiger partial charge in [-0.05, 0) is 18.4 Å². The summed E-state index contributed by atoms with van der Waals surface area (Å²) < 4.78 is 23.8. The van der Waals surface area contributed by atoms with Gasteiger partial charge in [0.05, 0.1) is 32.3 Å². The van der Waals surface area contributed by atoms with Gasteiger partial charge in [-0.2, -0.15) is 0 Å². The average Bonchev–Trinajstić information content (AvgIpc) is 2.70. The Morgan fingerprint density at radius 2 is 1.50 bits per heavy atom.